The second-order valence-electron chi connectivity index (χ2n) is 8.72. The van der Waals surface area contributed by atoms with Crippen molar-refractivity contribution in [2.45, 2.75) is 32.0 Å². The van der Waals surface area contributed by atoms with Crippen molar-refractivity contribution < 1.29 is 34.0 Å². The van der Waals surface area contributed by atoms with Gasteiger partial charge < -0.3 is 29.7 Å². The van der Waals surface area contributed by atoms with Gasteiger partial charge in [-0.05, 0) is 34.4 Å². The third kappa shape index (κ3) is 8.08. The maximum atomic E-state index is 12.3. The van der Waals surface area contributed by atoms with Crippen LogP contribution >= 0.6 is 0 Å². The van der Waals surface area contributed by atoms with E-state index in [2.05, 4.69) is 5.32 Å². The van der Waals surface area contributed by atoms with Gasteiger partial charge >= 0.3 is 12.1 Å². The van der Waals surface area contributed by atoms with Gasteiger partial charge in [0.05, 0.1) is 0 Å². The summed E-state index contributed by atoms with van der Waals surface area (Å²) in [6.07, 6.45) is -2.55. The molecular weight excluding hydrogens is 498 g/mol. The summed E-state index contributed by atoms with van der Waals surface area (Å²) < 4.78 is 17.1. The highest BCUT2D eigenvalue weighted by molar-refractivity contribution is 5.80. The Morgan fingerprint density at radius 2 is 1.15 bits per heavy atom. The number of alkyl carbamates (subject to hydrolysis) is 1. The van der Waals surface area contributed by atoms with E-state index in [1.807, 2.05) is 66.7 Å². The number of carboxylic acid groups (broad SMARTS) is 1. The van der Waals surface area contributed by atoms with Crippen molar-refractivity contribution in [3.63, 3.8) is 0 Å². The first-order valence-corrected chi connectivity index (χ1v) is 12.3. The van der Waals surface area contributed by atoms with Gasteiger partial charge in [-0.15, -0.1) is 0 Å². The molecule has 0 unspecified atom stereocenters. The van der Waals surface area contributed by atoms with E-state index in [0.29, 0.717) is 11.5 Å². The number of hydrogen-bond acceptors (Lipinski definition) is 6. The first-order chi connectivity index (χ1) is 19.0. The van der Waals surface area contributed by atoms with Crippen molar-refractivity contribution in [1.29, 1.82) is 0 Å². The molecule has 0 saturated heterocycles. The summed E-state index contributed by atoms with van der Waals surface area (Å²) in [6, 6.07) is 31.1. The van der Waals surface area contributed by atoms with Gasteiger partial charge in [0.1, 0.15) is 25.9 Å². The van der Waals surface area contributed by atoms with E-state index in [0.717, 1.165) is 16.7 Å². The van der Waals surface area contributed by atoms with Crippen LogP contribution < -0.4 is 14.8 Å². The lowest BCUT2D eigenvalue weighted by atomic mass is 10.0. The summed E-state index contributed by atoms with van der Waals surface area (Å²) in [5.74, 6) is -0.676. The van der Waals surface area contributed by atoms with Gasteiger partial charge in [-0.3, -0.25) is 0 Å². The molecule has 1 amide bonds. The smallest absolute Gasteiger partial charge is 0.408 e. The fourth-order valence-corrected chi connectivity index (χ4v) is 3.77. The summed E-state index contributed by atoms with van der Waals surface area (Å²) in [4.78, 5) is 24.3. The number of carboxylic acids is 1. The van der Waals surface area contributed by atoms with E-state index in [1.54, 1.807) is 30.3 Å². The molecule has 0 bridgehead atoms. The van der Waals surface area contributed by atoms with Crippen LogP contribution in [0.15, 0.2) is 109 Å². The van der Waals surface area contributed by atoms with Gasteiger partial charge in [0.25, 0.3) is 0 Å². The minimum atomic E-state index is -1.66. The molecule has 2 atom stereocenters. The van der Waals surface area contributed by atoms with E-state index in [4.69, 9.17) is 14.2 Å². The first-order valence-electron chi connectivity index (χ1n) is 12.3. The van der Waals surface area contributed by atoms with Crippen LogP contribution in [0.3, 0.4) is 0 Å². The van der Waals surface area contributed by atoms with Crippen molar-refractivity contribution in [1.82, 2.24) is 5.32 Å². The van der Waals surface area contributed by atoms with Crippen LogP contribution in [-0.2, 0) is 29.4 Å². The van der Waals surface area contributed by atoms with Crippen molar-refractivity contribution in [3.05, 3.63) is 131 Å². The molecule has 4 rings (SSSR count). The molecule has 8 heteroatoms. The standard InChI is InChI=1S/C31H29NO7/c33-29(28(30(34)35)32-31(36)39-21-24-14-8-3-9-15-24)25-16-17-26(37-19-22-10-4-1-5-11-22)27(18-25)38-20-23-12-6-2-7-13-23/h1-18,28-29,33H,19-21H2,(H,32,36)(H,34,35)/t28-,29+/m1/s1. The Balaban J connectivity index is 1.49. The van der Waals surface area contributed by atoms with E-state index in [1.165, 1.54) is 12.1 Å². The number of ether oxygens (including phenoxy) is 3. The highest BCUT2D eigenvalue weighted by Gasteiger charge is 2.31. The highest BCUT2D eigenvalue weighted by Crippen LogP contribution is 2.33. The molecule has 0 aliphatic rings. The Bertz CT molecular complexity index is 1350. The zero-order valence-corrected chi connectivity index (χ0v) is 21.1. The molecule has 3 N–H and O–H groups in total. The normalized spacial score (nSPS) is 12.1. The lowest BCUT2D eigenvalue weighted by molar-refractivity contribution is -0.142. The maximum absolute atomic E-state index is 12.3. The molecule has 0 saturated carbocycles. The predicted octanol–water partition coefficient (Wildman–Crippen LogP) is 5.26. The van der Waals surface area contributed by atoms with Gasteiger partial charge in [0, 0.05) is 0 Å². The van der Waals surface area contributed by atoms with Crippen LogP contribution in [0.2, 0.25) is 0 Å². The van der Waals surface area contributed by atoms with E-state index in [9.17, 15) is 19.8 Å². The quantitative estimate of drug-likeness (QED) is 0.230. The Morgan fingerprint density at radius 1 is 0.667 bits per heavy atom. The van der Waals surface area contributed by atoms with Crippen molar-refractivity contribution >= 4 is 12.1 Å². The summed E-state index contributed by atoms with van der Waals surface area (Å²) in [6.45, 7) is 0.478. The summed E-state index contributed by atoms with van der Waals surface area (Å²) in [7, 11) is 0. The van der Waals surface area contributed by atoms with E-state index in [-0.39, 0.29) is 25.4 Å². The van der Waals surface area contributed by atoms with Gasteiger partial charge in [0.2, 0.25) is 0 Å². The third-order valence-electron chi connectivity index (χ3n) is 5.85. The van der Waals surface area contributed by atoms with Gasteiger partial charge in [-0.2, -0.15) is 0 Å². The number of carbonyl (C=O) groups excluding carboxylic acids is 1. The Morgan fingerprint density at radius 3 is 1.67 bits per heavy atom. The number of rotatable bonds is 12. The number of amides is 1. The maximum Gasteiger partial charge on any atom is 0.408 e. The van der Waals surface area contributed by atoms with E-state index >= 15 is 0 Å². The SMILES string of the molecule is O=C(N[C@@H](C(=O)O)[C@@H](O)c1ccc(OCc2ccccc2)c(OCc2ccccc2)c1)OCc1ccccc1. The largest absolute Gasteiger partial charge is 0.485 e. The Labute approximate surface area is 226 Å². The molecule has 0 aliphatic heterocycles. The average Bonchev–Trinajstić information content (AvgIpc) is 2.98. The van der Waals surface area contributed by atoms with Crippen LogP contribution in [-0.4, -0.2) is 28.3 Å². The van der Waals surface area contributed by atoms with Gasteiger partial charge in [0.15, 0.2) is 17.5 Å². The second kappa shape index (κ2) is 13.6. The van der Waals surface area contributed by atoms with Gasteiger partial charge in [-0.25, -0.2) is 9.59 Å². The van der Waals surface area contributed by atoms with Crippen LogP contribution in [0.1, 0.15) is 28.4 Å². The first kappa shape index (κ1) is 27.2. The molecule has 4 aromatic carbocycles. The number of aliphatic hydroxyl groups excluding tert-OH is 1. The minimum Gasteiger partial charge on any atom is -0.485 e. The fraction of sp³-hybridized carbons (Fsp3) is 0.161. The average molecular weight is 528 g/mol. The lowest BCUT2D eigenvalue weighted by Gasteiger charge is -2.22. The van der Waals surface area contributed by atoms with Crippen LogP contribution in [0, 0.1) is 0 Å². The number of benzene rings is 4. The molecule has 0 spiro atoms. The monoisotopic (exact) mass is 527 g/mol. The summed E-state index contributed by atoms with van der Waals surface area (Å²) >= 11 is 0. The van der Waals surface area contributed by atoms with E-state index < -0.39 is 24.2 Å². The molecule has 8 nitrogen and oxygen atoms in total. The Hall–Kier alpha value is -4.82. The lowest BCUT2D eigenvalue weighted by Crippen LogP contribution is -2.45. The second-order valence-corrected chi connectivity index (χ2v) is 8.72. The molecule has 4 aromatic rings. The number of hydrogen-bond donors (Lipinski definition) is 3. The molecule has 0 fully saturated rings. The minimum absolute atomic E-state index is 0.0416. The molecular formula is C31H29NO7. The summed E-state index contributed by atoms with van der Waals surface area (Å²) in [5, 5.41) is 22.9. The van der Waals surface area contributed by atoms with Crippen molar-refractivity contribution in [2.75, 3.05) is 0 Å². The molecule has 0 aromatic heterocycles. The molecule has 200 valence electrons. The molecule has 39 heavy (non-hydrogen) atoms. The summed E-state index contributed by atoms with van der Waals surface area (Å²) in [5.41, 5.74) is 2.84. The predicted molar refractivity (Wildman–Crippen MR) is 144 cm³/mol. The van der Waals surface area contributed by atoms with Crippen LogP contribution in [0.4, 0.5) is 4.79 Å². The van der Waals surface area contributed by atoms with Gasteiger partial charge in [-0.1, -0.05) is 97.1 Å². The highest BCUT2D eigenvalue weighted by atomic mass is 16.5. The fourth-order valence-electron chi connectivity index (χ4n) is 3.77. The van der Waals surface area contributed by atoms with Crippen molar-refractivity contribution in [3.8, 4) is 11.5 Å². The third-order valence-corrected chi connectivity index (χ3v) is 5.85. The molecule has 0 heterocycles. The van der Waals surface area contributed by atoms with Crippen LogP contribution in [0.25, 0.3) is 0 Å². The zero-order valence-electron chi connectivity index (χ0n) is 21.1. The number of carbonyl (C=O) groups is 2. The molecule has 0 aliphatic carbocycles. The topological polar surface area (TPSA) is 114 Å². The number of aliphatic carboxylic acids is 1. The molecule has 0 radical (unpaired) electrons. The number of nitrogens with one attached hydrogen (secondary N) is 1. The zero-order chi connectivity index (χ0) is 27.5. The Kier molecular flexibility index (Phi) is 9.52. The van der Waals surface area contributed by atoms with Crippen molar-refractivity contribution in [2.24, 2.45) is 0 Å². The number of aliphatic hydroxyl groups is 1. The van der Waals surface area contributed by atoms with Crippen LogP contribution in [0.5, 0.6) is 11.5 Å².